The van der Waals surface area contributed by atoms with Crippen molar-refractivity contribution in [1.82, 2.24) is 10.3 Å². The molecule has 1 heterocycles. The number of amides is 1. The van der Waals surface area contributed by atoms with Crippen LogP contribution in [-0.4, -0.2) is 53.4 Å². The molecule has 236 valence electrons. The minimum atomic E-state index is -1.41. The SMILES string of the molecule is C#CCC.C/C=N\N1Cc2c(Br)cccc2C(OCc2ccccc2)=C1C(=O)NCC(=O)OCC.OB(O)c1ccc(Cl)cc1. The van der Waals surface area contributed by atoms with E-state index in [9.17, 15) is 9.59 Å². The van der Waals surface area contributed by atoms with Crippen molar-refractivity contribution in [3.8, 4) is 12.3 Å². The van der Waals surface area contributed by atoms with E-state index in [1.165, 1.54) is 0 Å². The van der Waals surface area contributed by atoms with E-state index in [4.69, 9.17) is 37.5 Å². The van der Waals surface area contributed by atoms with Crippen molar-refractivity contribution in [2.75, 3.05) is 13.2 Å². The summed E-state index contributed by atoms with van der Waals surface area (Å²) in [5, 5.41) is 26.4. The van der Waals surface area contributed by atoms with Gasteiger partial charge in [-0.15, -0.1) is 12.3 Å². The van der Waals surface area contributed by atoms with Gasteiger partial charge in [-0.05, 0) is 48.6 Å². The number of nitrogens with one attached hydrogen (secondary N) is 1. The fourth-order valence-corrected chi connectivity index (χ4v) is 4.44. The third-order valence-corrected chi connectivity index (χ3v) is 6.91. The number of hydrogen-bond donors (Lipinski definition) is 3. The third kappa shape index (κ3) is 12.1. The zero-order valence-corrected chi connectivity index (χ0v) is 27.7. The smallest absolute Gasteiger partial charge is 0.486 e. The third-order valence-electron chi connectivity index (χ3n) is 5.91. The second kappa shape index (κ2) is 20.1. The minimum Gasteiger partial charge on any atom is -0.486 e. The largest absolute Gasteiger partial charge is 0.488 e. The molecule has 12 heteroatoms. The molecule has 3 N–H and O–H groups in total. The molecular formula is C33H36BBrClN3O6. The molecule has 4 rings (SSSR count). The summed E-state index contributed by atoms with van der Waals surface area (Å²) in [6.07, 6.45) is 7.23. The molecule has 9 nitrogen and oxygen atoms in total. The summed E-state index contributed by atoms with van der Waals surface area (Å²) in [5.41, 5.74) is 3.41. The van der Waals surface area contributed by atoms with Gasteiger partial charge in [0, 0.05) is 27.7 Å². The van der Waals surface area contributed by atoms with Gasteiger partial charge in [0.05, 0.1) is 13.2 Å². The number of terminal acetylenes is 1. The standard InChI is InChI=1S/C23H24BrN3O4.C6H6BClO2.C4H6/c1-3-26-27-14-18-17(11-8-12-19(18)24)22(31-15-16-9-6-5-7-10-16)21(27)23(29)25-13-20(28)30-4-2;8-6-3-1-5(2-4-6)7(9)10;1-3-4-2/h3,5-12H,4,13-15H2,1-2H3,(H,25,29);1-4,9-10H;1H,4H2,2H3/b26-3-;;. The number of hydrazone groups is 1. The average molecular weight is 697 g/mol. The Kier molecular flexibility index (Phi) is 16.5. The maximum Gasteiger partial charge on any atom is 0.488 e. The van der Waals surface area contributed by atoms with E-state index in [-0.39, 0.29) is 25.5 Å². The summed E-state index contributed by atoms with van der Waals surface area (Å²) in [6.45, 7) is 6.09. The Hall–Kier alpha value is -4.08. The van der Waals surface area contributed by atoms with Gasteiger partial charge in [0.2, 0.25) is 0 Å². The minimum absolute atomic E-state index is 0.239. The number of rotatable bonds is 9. The van der Waals surface area contributed by atoms with E-state index in [1.807, 2.05) is 55.5 Å². The number of esters is 1. The number of benzene rings is 3. The molecule has 0 aromatic heterocycles. The van der Waals surface area contributed by atoms with Crippen LogP contribution in [0, 0.1) is 12.3 Å². The van der Waals surface area contributed by atoms with Gasteiger partial charge in [-0.1, -0.05) is 89.1 Å². The molecule has 1 amide bonds. The molecule has 0 unspecified atom stereocenters. The van der Waals surface area contributed by atoms with Crippen molar-refractivity contribution in [2.45, 2.75) is 40.3 Å². The van der Waals surface area contributed by atoms with Crippen molar-refractivity contribution < 1.29 is 29.1 Å². The normalized spacial score (nSPS) is 11.6. The van der Waals surface area contributed by atoms with Crippen LogP contribution >= 0.6 is 27.5 Å². The molecule has 1 aliphatic rings. The molecule has 0 saturated heterocycles. The van der Waals surface area contributed by atoms with E-state index in [1.54, 1.807) is 49.3 Å². The van der Waals surface area contributed by atoms with Crippen LogP contribution in [-0.2, 0) is 32.2 Å². The van der Waals surface area contributed by atoms with Gasteiger partial charge in [-0.2, -0.15) is 5.10 Å². The molecule has 0 bridgehead atoms. The second-order valence-corrected chi connectivity index (χ2v) is 10.4. The summed E-state index contributed by atoms with van der Waals surface area (Å²) >= 11 is 9.14. The molecular weight excluding hydrogens is 661 g/mol. The van der Waals surface area contributed by atoms with Crippen molar-refractivity contribution in [1.29, 1.82) is 0 Å². The highest BCUT2D eigenvalue weighted by atomic mass is 79.9. The van der Waals surface area contributed by atoms with Crippen molar-refractivity contribution in [2.24, 2.45) is 5.10 Å². The van der Waals surface area contributed by atoms with E-state index in [2.05, 4.69) is 32.3 Å². The maximum absolute atomic E-state index is 13.1. The lowest BCUT2D eigenvalue weighted by Crippen LogP contribution is -2.38. The fraction of sp³-hybridized carbons (Fsp3) is 0.242. The van der Waals surface area contributed by atoms with Crippen molar-refractivity contribution >= 4 is 64.0 Å². The quantitative estimate of drug-likeness (QED) is 0.126. The Balaban J connectivity index is 0.000000416. The number of ether oxygens (including phenoxy) is 2. The highest BCUT2D eigenvalue weighted by Crippen LogP contribution is 2.37. The van der Waals surface area contributed by atoms with Gasteiger partial charge >= 0.3 is 13.1 Å². The lowest BCUT2D eigenvalue weighted by molar-refractivity contribution is -0.143. The first-order chi connectivity index (χ1) is 21.7. The van der Waals surface area contributed by atoms with Gasteiger partial charge < -0.3 is 24.8 Å². The highest BCUT2D eigenvalue weighted by molar-refractivity contribution is 9.10. The number of nitrogens with zero attached hydrogens (tertiary/aromatic N) is 2. The van der Waals surface area contributed by atoms with Crippen LogP contribution in [0.5, 0.6) is 0 Å². The van der Waals surface area contributed by atoms with Crippen LogP contribution in [0.1, 0.15) is 43.9 Å². The first-order valence-electron chi connectivity index (χ1n) is 14.1. The molecule has 0 aliphatic carbocycles. The molecule has 0 fully saturated rings. The van der Waals surface area contributed by atoms with Gasteiger partial charge in [-0.25, -0.2) is 0 Å². The summed E-state index contributed by atoms with van der Waals surface area (Å²) in [7, 11) is -1.41. The summed E-state index contributed by atoms with van der Waals surface area (Å²) in [6, 6.07) is 21.8. The van der Waals surface area contributed by atoms with Crippen LogP contribution in [0.2, 0.25) is 5.02 Å². The molecule has 45 heavy (non-hydrogen) atoms. The number of hydrogen-bond acceptors (Lipinski definition) is 8. The molecule has 0 saturated carbocycles. The summed E-state index contributed by atoms with van der Waals surface area (Å²) in [5.74, 6) is 1.86. The summed E-state index contributed by atoms with van der Waals surface area (Å²) < 4.78 is 12.0. The lowest BCUT2D eigenvalue weighted by atomic mass is 9.81. The topological polar surface area (TPSA) is 121 Å². The van der Waals surface area contributed by atoms with Crippen LogP contribution in [0.4, 0.5) is 0 Å². The van der Waals surface area contributed by atoms with Crippen LogP contribution < -0.4 is 10.8 Å². The van der Waals surface area contributed by atoms with Crippen LogP contribution in [0.3, 0.4) is 0 Å². The zero-order valence-electron chi connectivity index (χ0n) is 25.4. The van der Waals surface area contributed by atoms with Gasteiger partial charge in [0.15, 0.2) is 11.5 Å². The fourth-order valence-electron chi connectivity index (χ4n) is 3.82. The Morgan fingerprint density at radius 1 is 1.11 bits per heavy atom. The molecule has 1 aliphatic heterocycles. The second-order valence-electron chi connectivity index (χ2n) is 9.12. The van der Waals surface area contributed by atoms with Gasteiger partial charge in [0.25, 0.3) is 5.91 Å². The first-order valence-corrected chi connectivity index (χ1v) is 15.3. The Bertz CT molecular complexity index is 1490. The molecule has 0 radical (unpaired) electrons. The van der Waals surface area contributed by atoms with Crippen LogP contribution in [0.25, 0.3) is 5.76 Å². The van der Waals surface area contributed by atoms with Gasteiger partial charge in [0.1, 0.15) is 13.2 Å². The Labute approximate surface area is 278 Å². The zero-order chi connectivity index (χ0) is 33.2. The van der Waals surface area contributed by atoms with E-state index in [0.29, 0.717) is 22.8 Å². The van der Waals surface area contributed by atoms with E-state index >= 15 is 0 Å². The molecule has 0 spiro atoms. The Morgan fingerprint density at radius 3 is 2.36 bits per heavy atom. The average Bonchev–Trinajstić information content (AvgIpc) is 3.04. The highest BCUT2D eigenvalue weighted by Gasteiger charge is 2.32. The number of carbonyl (C=O) groups excluding carboxylic acids is 2. The number of halogens is 2. The van der Waals surface area contributed by atoms with E-state index < -0.39 is 19.0 Å². The molecule has 3 aromatic carbocycles. The Morgan fingerprint density at radius 2 is 1.78 bits per heavy atom. The van der Waals surface area contributed by atoms with Crippen molar-refractivity contribution in [3.63, 3.8) is 0 Å². The predicted molar refractivity (Wildman–Crippen MR) is 182 cm³/mol. The number of carbonyl (C=O) groups is 2. The monoisotopic (exact) mass is 695 g/mol. The summed E-state index contributed by atoms with van der Waals surface area (Å²) in [4.78, 5) is 24.9. The first kappa shape index (κ1) is 37.1. The number of fused-ring (bicyclic) bond motifs is 1. The van der Waals surface area contributed by atoms with Crippen LogP contribution in [0.15, 0.2) is 88.1 Å². The van der Waals surface area contributed by atoms with Crippen molar-refractivity contribution in [3.05, 3.63) is 105 Å². The maximum atomic E-state index is 13.1. The molecule has 3 aromatic rings. The lowest BCUT2D eigenvalue weighted by Gasteiger charge is -2.31. The van der Waals surface area contributed by atoms with Gasteiger partial charge in [-0.3, -0.25) is 14.6 Å². The van der Waals surface area contributed by atoms with E-state index in [0.717, 1.165) is 27.6 Å². The molecule has 0 atom stereocenters. The predicted octanol–water partition coefficient (Wildman–Crippen LogP) is 4.88.